The summed E-state index contributed by atoms with van der Waals surface area (Å²) in [5.41, 5.74) is 0. The van der Waals surface area contributed by atoms with Gasteiger partial charge in [0.15, 0.2) is 0 Å². The van der Waals surface area contributed by atoms with Crippen molar-refractivity contribution in [3.63, 3.8) is 0 Å². The number of nitrogens with zero attached hydrogens (tertiary/aromatic N) is 1. The second-order valence-corrected chi connectivity index (χ2v) is 2.90. The van der Waals surface area contributed by atoms with Gasteiger partial charge in [0.2, 0.25) is 0 Å². The van der Waals surface area contributed by atoms with Gasteiger partial charge in [-0.25, -0.2) is 4.79 Å². The maximum atomic E-state index is 10.5. The number of aliphatic hydroxyl groups is 1. The molecular formula is C7H13NO4. The number of aliphatic hydroxyl groups excluding tert-OH is 1. The number of carboxylic acid groups (broad SMARTS) is 1. The number of likely N-dealkylation sites (tertiary alicyclic amines) is 1. The van der Waals surface area contributed by atoms with Crippen molar-refractivity contribution in [2.75, 3.05) is 26.8 Å². The Morgan fingerprint density at radius 1 is 1.67 bits per heavy atom. The highest BCUT2D eigenvalue weighted by Gasteiger charge is 2.34. The number of rotatable bonds is 2. The first kappa shape index (κ1) is 9.28. The van der Waals surface area contributed by atoms with Gasteiger partial charge in [0.05, 0.1) is 19.3 Å². The molecule has 1 aliphatic heterocycles. The van der Waals surface area contributed by atoms with E-state index in [2.05, 4.69) is 0 Å². The molecule has 0 bridgehead atoms. The molecule has 5 nitrogen and oxygen atoms in total. The predicted molar refractivity (Wildman–Crippen MR) is 41.0 cm³/mol. The Morgan fingerprint density at radius 2 is 2.33 bits per heavy atom. The van der Waals surface area contributed by atoms with Gasteiger partial charge in [-0.1, -0.05) is 0 Å². The summed E-state index contributed by atoms with van der Waals surface area (Å²) in [7, 11) is 1.53. The highest BCUT2D eigenvalue weighted by atomic mass is 16.5. The number of hydrogen-bond acceptors (Lipinski definition) is 3. The van der Waals surface area contributed by atoms with E-state index in [4.69, 9.17) is 14.9 Å². The molecule has 12 heavy (non-hydrogen) atoms. The van der Waals surface area contributed by atoms with Gasteiger partial charge in [0, 0.05) is 19.6 Å². The Hall–Kier alpha value is -0.810. The Balaban J connectivity index is 2.53. The van der Waals surface area contributed by atoms with Crippen LogP contribution in [0.1, 0.15) is 0 Å². The molecular weight excluding hydrogens is 162 g/mol. The maximum Gasteiger partial charge on any atom is 0.407 e. The molecule has 1 fully saturated rings. The molecule has 1 amide bonds. The van der Waals surface area contributed by atoms with E-state index in [1.54, 1.807) is 0 Å². The van der Waals surface area contributed by atoms with Crippen LogP contribution in [-0.2, 0) is 4.74 Å². The van der Waals surface area contributed by atoms with Crippen LogP contribution in [0.4, 0.5) is 4.79 Å². The molecule has 5 heteroatoms. The summed E-state index contributed by atoms with van der Waals surface area (Å²) in [6.45, 7) is 0.698. The summed E-state index contributed by atoms with van der Waals surface area (Å²) in [4.78, 5) is 11.8. The standard InChI is InChI=1S/C7H13NO4/c1-12-6-3-8(7(10)11)2-5(6)4-9/h5-6,9H,2-4H2,1H3,(H,10,11)/t5-,6+/m0/s1. The normalized spacial score (nSPS) is 29.3. The van der Waals surface area contributed by atoms with E-state index in [1.165, 1.54) is 12.0 Å². The molecule has 0 aromatic heterocycles. The summed E-state index contributed by atoms with van der Waals surface area (Å²) in [6, 6.07) is 0. The molecule has 0 unspecified atom stereocenters. The van der Waals surface area contributed by atoms with Crippen molar-refractivity contribution in [3.05, 3.63) is 0 Å². The highest BCUT2D eigenvalue weighted by Crippen LogP contribution is 2.18. The number of carbonyl (C=O) groups is 1. The third kappa shape index (κ3) is 1.67. The van der Waals surface area contributed by atoms with Crippen LogP contribution < -0.4 is 0 Å². The average molecular weight is 175 g/mol. The summed E-state index contributed by atoms with van der Waals surface area (Å²) in [5.74, 6) is -0.0777. The van der Waals surface area contributed by atoms with Crippen molar-refractivity contribution in [2.45, 2.75) is 6.10 Å². The van der Waals surface area contributed by atoms with E-state index < -0.39 is 6.09 Å². The lowest BCUT2D eigenvalue weighted by Gasteiger charge is -2.12. The van der Waals surface area contributed by atoms with Gasteiger partial charge in [0.1, 0.15) is 0 Å². The molecule has 1 aliphatic rings. The van der Waals surface area contributed by atoms with Crippen LogP contribution in [0, 0.1) is 5.92 Å². The lowest BCUT2D eigenvalue weighted by molar-refractivity contribution is 0.0558. The van der Waals surface area contributed by atoms with Crippen LogP contribution in [-0.4, -0.2) is 54.1 Å². The lowest BCUT2D eigenvalue weighted by Crippen LogP contribution is -2.28. The van der Waals surface area contributed by atoms with Gasteiger partial charge in [-0.15, -0.1) is 0 Å². The lowest BCUT2D eigenvalue weighted by atomic mass is 10.1. The van der Waals surface area contributed by atoms with Crippen LogP contribution in [0.15, 0.2) is 0 Å². The van der Waals surface area contributed by atoms with E-state index in [9.17, 15) is 4.79 Å². The summed E-state index contributed by atoms with van der Waals surface area (Å²) < 4.78 is 5.03. The first-order valence-electron chi connectivity index (χ1n) is 3.80. The zero-order chi connectivity index (χ0) is 9.14. The number of ether oxygens (including phenoxy) is 1. The fourth-order valence-electron chi connectivity index (χ4n) is 1.44. The van der Waals surface area contributed by atoms with Gasteiger partial charge in [0.25, 0.3) is 0 Å². The minimum atomic E-state index is -0.951. The smallest absolute Gasteiger partial charge is 0.407 e. The summed E-state index contributed by atoms with van der Waals surface area (Å²) >= 11 is 0. The fraction of sp³-hybridized carbons (Fsp3) is 0.857. The van der Waals surface area contributed by atoms with Crippen LogP contribution in [0.5, 0.6) is 0 Å². The predicted octanol–water partition coefficient (Wildman–Crippen LogP) is -0.396. The van der Waals surface area contributed by atoms with Crippen molar-refractivity contribution in [3.8, 4) is 0 Å². The highest BCUT2D eigenvalue weighted by molar-refractivity contribution is 5.65. The molecule has 0 aliphatic carbocycles. The van der Waals surface area contributed by atoms with Gasteiger partial charge in [-0.3, -0.25) is 0 Å². The van der Waals surface area contributed by atoms with Crippen LogP contribution >= 0.6 is 0 Å². The first-order chi connectivity index (χ1) is 5.69. The van der Waals surface area contributed by atoms with Crippen molar-refractivity contribution in [1.29, 1.82) is 0 Å². The van der Waals surface area contributed by atoms with Crippen molar-refractivity contribution >= 4 is 6.09 Å². The molecule has 0 aromatic rings. The Labute approximate surface area is 70.5 Å². The Morgan fingerprint density at radius 3 is 2.67 bits per heavy atom. The molecule has 2 atom stereocenters. The first-order valence-corrected chi connectivity index (χ1v) is 3.80. The Kier molecular flexibility index (Phi) is 2.88. The molecule has 1 rings (SSSR count). The molecule has 1 saturated heterocycles. The fourth-order valence-corrected chi connectivity index (χ4v) is 1.44. The van der Waals surface area contributed by atoms with Crippen molar-refractivity contribution < 1.29 is 19.7 Å². The SMILES string of the molecule is CO[C@@H]1CN(C(=O)O)C[C@H]1CO. The molecule has 70 valence electrons. The molecule has 0 spiro atoms. The van der Waals surface area contributed by atoms with Crippen molar-refractivity contribution in [1.82, 2.24) is 4.90 Å². The maximum absolute atomic E-state index is 10.5. The van der Waals surface area contributed by atoms with E-state index in [-0.39, 0.29) is 18.6 Å². The topological polar surface area (TPSA) is 70.0 Å². The van der Waals surface area contributed by atoms with E-state index in [1.807, 2.05) is 0 Å². The van der Waals surface area contributed by atoms with Gasteiger partial charge in [-0.05, 0) is 0 Å². The van der Waals surface area contributed by atoms with E-state index in [0.717, 1.165) is 0 Å². The monoisotopic (exact) mass is 175 g/mol. The minimum absolute atomic E-state index is 0.0255. The van der Waals surface area contributed by atoms with Crippen LogP contribution in [0.25, 0.3) is 0 Å². The average Bonchev–Trinajstić information content (AvgIpc) is 2.46. The third-order valence-electron chi connectivity index (χ3n) is 2.19. The molecule has 2 N–H and O–H groups in total. The zero-order valence-corrected chi connectivity index (χ0v) is 6.93. The second-order valence-electron chi connectivity index (χ2n) is 2.90. The molecule has 0 saturated carbocycles. The van der Waals surface area contributed by atoms with Crippen LogP contribution in [0.2, 0.25) is 0 Å². The quantitative estimate of drug-likeness (QED) is 0.599. The summed E-state index contributed by atoms with van der Waals surface area (Å²) in [6.07, 6.45) is -1.11. The molecule has 0 radical (unpaired) electrons. The molecule has 0 aromatic carbocycles. The minimum Gasteiger partial charge on any atom is -0.465 e. The second kappa shape index (κ2) is 3.73. The Bertz CT molecular complexity index is 161. The van der Waals surface area contributed by atoms with Gasteiger partial charge in [-0.2, -0.15) is 0 Å². The van der Waals surface area contributed by atoms with Gasteiger partial charge >= 0.3 is 6.09 Å². The van der Waals surface area contributed by atoms with Gasteiger partial charge < -0.3 is 19.8 Å². The number of hydrogen-bond donors (Lipinski definition) is 2. The molecule has 1 heterocycles. The zero-order valence-electron chi connectivity index (χ0n) is 6.93. The van der Waals surface area contributed by atoms with E-state index in [0.29, 0.717) is 13.1 Å². The summed E-state index contributed by atoms with van der Waals surface area (Å²) in [5, 5.41) is 17.5. The third-order valence-corrected chi connectivity index (χ3v) is 2.19. The van der Waals surface area contributed by atoms with Crippen molar-refractivity contribution in [2.24, 2.45) is 5.92 Å². The van der Waals surface area contributed by atoms with E-state index >= 15 is 0 Å². The largest absolute Gasteiger partial charge is 0.465 e. The number of methoxy groups -OCH3 is 1. The number of amides is 1. The van der Waals surface area contributed by atoms with Crippen LogP contribution in [0.3, 0.4) is 0 Å².